The minimum absolute atomic E-state index is 0.0450. The van der Waals surface area contributed by atoms with E-state index in [1.165, 1.54) is 32.2 Å². The molecule has 41 heavy (non-hydrogen) atoms. The summed E-state index contributed by atoms with van der Waals surface area (Å²) in [5.74, 6) is 3.54. The van der Waals surface area contributed by atoms with E-state index in [0.717, 1.165) is 45.2 Å². The summed E-state index contributed by atoms with van der Waals surface area (Å²) in [6.45, 7) is 0.0450. The van der Waals surface area contributed by atoms with E-state index in [-0.39, 0.29) is 6.71 Å². The van der Waals surface area contributed by atoms with Gasteiger partial charge in [-0.05, 0) is 59.5 Å². The van der Waals surface area contributed by atoms with Gasteiger partial charge in [-0.25, -0.2) is 0 Å². The van der Waals surface area contributed by atoms with Crippen LogP contribution >= 0.6 is 11.8 Å². The fraction of sp³-hybridized carbons (Fsp3) is 0. The fourth-order valence-electron chi connectivity index (χ4n) is 6.46. The van der Waals surface area contributed by atoms with E-state index in [0.29, 0.717) is 0 Å². The van der Waals surface area contributed by atoms with Crippen molar-refractivity contribution < 1.29 is 9.47 Å². The second kappa shape index (κ2) is 8.82. The number of benzene rings is 6. The van der Waals surface area contributed by atoms with E-state index in [2.05, 4.69) is 120 Å². The van der Waals surface area contributed by atoms with Crippen molar-refractivity contribution in [1.82, 2.24) is 0 Å². The Morgan fingerprint density at radius 1 is 0.512 bits per heavy atom. The molecule has 3 aliphatic rings. The highest BCUT2D eigenvalue weighted by atomic mass is 32.2. The van der Waals surface area contributed by atoms with Gasteiger partial charge in [0.15, 0.2) is 0 Å². The van der Waals surface area contributed by atoms with E-state index in [1.807, 2.05) is 30.0 Å². The zero-order valence-electron chi connectivity index (χ0n) is 22.0. The van der Waals surface area contributed by atoms with Crippen molar-refractivity contribution in [2.24, 2.45) is 0 Å². The molecule has 0 N–H and O–H groups in total. The first-order chi connectivity index (χ1) is 20.3. The first-order valence-electron chi connectivity index (χ1n) is 13.8. The second-order valence-electron chi connectivity index (χ2n) is 10.5. The van der Waals surface area contributed by atoms with Gasteiger partial charge >= 0.3 is 0 Å². The first kappa shape index (κ1) is 22.9. The maximum atomic E-state index is 6.79. The summed E-state index contributed by atoms with van der Waals surface area (Å²) < 4.78 is 13.1. The molecule has 0 saturated heterocycles. The van der Waals surface area contributed by atoms with Crippen LogP contribution in [0, 0.1) is 0 Å². The molecule has 0 unspecified atom stereocenters. The largest absolute Gasteiger partial charge is 0.458 e. The SMILES string of the molecule is c1ccc(N2c3ccccc3Sc3c(-c4cccc5c4Oc4cccc6c4B5c4ccccc4O6)cccc32)cc1. The van der Waals surface area contributed by atoms with Gasteiger partial charge in [0, 0.05) is 32.1 Å². The summed E-state index contributed by atoms with van der Waals surface area (Å²) in [4.78, 5) is 4.83. The number of para-hydroxylation sites is 4. The third-order valence-corrected chi connectivity index (χ3v) is 9.39. The minimum Gasteiger partial charge on any atom is -0.458 e. The molecule has 0 aromatic heterocycles. The predicted molar refractivity (Wildman–Crippen MR) is 168 cm³/mol. The molecule has 9 rings (SSSR count). The normalized spacial score (nSPS) is 13.6. The van der Waals surface area contributed by atoms with E-state index in [1.54, 1.807) is 0 Å². The van der Waals surface area contributed by atoms with Gasteiger partial charge in [0.05, 0.1) is 11.4 Å². The predicted octanol–water partition coefficient (Wildman–Crippen LogP) is 8.02. The number of hydrogen-bond donors (Lipinski definition) is 0. The number of rotatable bonds is 2. The molecule has 3 aliphatic heterocycles. The Balaban J connectivity index is 1.27. The molecule has 3 heterocycles. The quantitative estimate of drug-likeness (QED) is 0.206. The summed E-state index contributed by atoms with van der Waals surface area (Å²) in [5.41, 5.74) is 9.21. The fourth-order valence-corrected chi connectivity index (χ4v) is 7.64. The Labute approximate surface area is 243 Å². The van der Waals surface area contributed by atoms with Crippen LogP contribution in [0.1, 0.15) is 0 Å². The summed E-state index contributed by atoms with van der Waals surface area (Å²) in [5, 5.41) is 0. The molecule has 0 saturated carbocycles. The van der Waals surface area contributed by atoms with Gasteiger partial charge in [-0.2, -0.15) is 0 Å². The van der Waals surface area contributed by atoms with Gasteiger partial charge in [-0.3, -0.25) is 0 Å². The Hall–Kier alpha value is -4.87. The Bertz CT molecular complexity index is 2010. The van der Waals surface area contributed by atoms with Crippen LogP contribution in [0.4, 0.5) is 17.1 Å². The zero-order chi connectivity index (χ0) is 26.9. The molecular weight excluding hydrogens is 521 g/mol. The number of fused-ring (bicyclic) bond motifs is 6. The monoisotopic (exact) mass is 543 g/mol. The Morgan fingerprint density at radius 2 is 1.17 bits per heavy atom. The van der Waals surface area contributed by atoms with Gasteiger partial charge in [-0.15, -0.1) is 0 Å². The van der Waals surface area contributed by atoms with Crippen LogP contribution in [0.25, 0.3) is 11.1 Å². The molecule has 0 amide bonds. The van der Waals surface area contributed by atoms with Crippen molar-refractivity contribution in [2.75, 3.05) is 4.90 Å². The summed E-state index contributed by atoms with van der Waals surface area (Å²) >= 11 is 1.83. The number of anilines is 3. The molecule has 6 aromatic carbocycles. The van der Waals surface area contributed by atoms with E-state index in [9.17, 15) is 0 Å². The highest BCUT2D eigenvalue weighted by Crippen LogP contribution is 2.55. The average molecular weight is 543 g/mol. The van der Waals surface area contributed by atoms with Gasteiger partial charge in [0.2, 0.25) is 0 Å². The molecule has 0 radical (unpaired) electrons. The molecule has 0 fully saturated rings. The third kappa shape index (κ3) is 3.36. The number of hydrogen-bond acceptors (Lipinski definition) is 4. The minimum atomic E-state index is 0.0450. The maximum absolute atomic E-state index is 6.79. The van der Waals surface area contributed by atoms with Crippen molar-refractivity contribution in [1.29, 1.82) is 0 Å². The molecule has 6 aromatic rings. The summed E-state index contributed by atoms with van der Waals surface area (Å²) in [7, 11) is 0. The van der Waals surface area contributed by atoms with Gasteiger partial charge < -0.3 is 14.4 Å². The second-order valence-corrected chi connectivity index (χ2v) is 11.5. The van der Waals surface area contributed by atoms with Gasteiger partial charge in [0.1, 0.15) is 23.0 Å². The number of ether oxygens (including phenoxy) is 2. The van der Waals surface area contributed by atoms with E-state index >= 15 is 0 Å². The molecular formula is C36H22BNO2S. The zero-order valence-corrected chi connectivity index (χ0v) is 22.8. The van der Waals surface area contributed by atoms with Crippen molar-refractivity contribution in [3.8, 4) is 34.1 Å². The molecule has 0 bridgehead atoms. The van der Waals surface area contributed by atoms with Crippen molar-refractivity contribution in [3.63, 3.8) is 0 Å². The third-order valence-electron chi connectivity index (χ3n) is 8.19. The van der Waals surface area contributed by atoms with E-state index in [4.69, 9.17) is 9.47 Å². The lowest BCUT2D eigenvalue weighted by molar-refractivity contribution is 0.465. The molecule has 192 valence electrons. The topological polar surface area (TPSA) is 21.7 Å². The maximum Gasteiger partial charge on any atom is 0.260 e. The smallest absolute Gasteiger partial charge is 0.260 e. The molecule has 0 aliphatic carbocycles. The van der Waals surface area contributed by atoms with Crippen molar-refractivity contribution in [3.05, 3.63) is 133 Å². The lowest BCUT2D eigenvalue weighted by atomic mass is 9.34. The van der Waals surface area contributed by atoms with Crippen LogP contribution in [-0.2, 0) is 0 Å². The number of nitrogens with zero attached hydrogens (tertiary/aromatic N) is 1. The van der Waals surface area contributed by atoms with Crippen LogP contribution in [0.5, 0.6) is 23.0 Å². The van der Waals surface area contributed by atoms with Crippen molar-refractivity contribution >= 4 is 51.9 Å². The van der Waals surface area contributed by atoms with Crippen LogP contribution in [0.2, 0.25) is 0 Å². The standard InChI is InChI=1S/C36H22BNO2S/c1-2-11-23(12-3-1)38-28-17-5-7-22-33(28)41-36-25(14-9-18-29(36)38)24-13-8-16-27-35(24)40-32-21-10-20-31-34(32)37(27)26-15-4-6-19-30(26)39-31/h1-22H. The van der Waals surface area contributed by atoms with Crippen molar-refractivity contribution in [2.45, 2.75) is 9.79 Å². The van der Waals surface area contributed by atoms with E-state index < -0.39 is 0 Å². The molecule has 0 spiro atoms. The summed E-state index contributed by atoms with van der Waals surface area (Å²) in [6.07, 6.45) is 0. The molecule has 5 heteroatoms. The molecule has 0 atom stereocenters. The Morgan fingerprint density at radius 3 is 2.10 bits per heavy atom. The highest BCUT2D eigenvalue weighted by Gasteiger charge is 2.41. The van der Waals surface area contributed by atoms with Gasteiger partial charge in [-0.1, -0.05) is 96.7 Å². The van der Waals surface area contributed by atoms with Crippen LogP contribution in [0.15, 0.2) is 143 Å². The average Bonchev–Trinajstić information content (AvgIpc) is 3.03. The first-order valence-corrected chi connectivity index (χ1v) is 14.6. The van der Waals surface area contributed by atoms with Crippen LogP contribution in [0.3, 0.4) is 0 Å². The lowest BCUT2D eigenvalue weighted by Gasteiger charge is -2.35. The Kier molecular flexibility index (Phi) is 4.93. The van der Waals surface area contributed by atoms with Crippen LogP contribution < -0.4 is 30.8 Å². The lowest BCUT2D eigenvalue weighted by Crippen LogP contribution is -2.57. The highest BCUT2D eigenvalue weighted by molar-refractivity contribution is 8.00. The molecule has 3 nitrogen and oxygen atoms in total. The van der Waals surface area contributed by atoms with Crippen LogP contribution in [-0.4, -0.2) is 6.71 Å². The van der Waals surface area contributed by atoms with Gasteiger partial charge in [0.25, 0.3) is 6.71 Å². The summed E-state index contributed by atoms with van der Waals surface area (Å²) in [6, 6.07) is 46.9.